The fourth-order valence-corrected chi connectivity index (χ4v) is 4.37. The van der Waals surface area contributed by atoms with Crippen molar-refractivity contribution < 1.29 is 19.6 Å². The maximum absolute atomic E-state index is 13.2. The molecular formula is C24H16Cl2N2O5. The zero-order chi connectivity index (χ0) is 23.9. The molecule has 1 saturated heterocycles. The second-order valence-corrected chi connectivity index (χ2v) is 8.39. The minimum absolute atomic E-state index is 0.0454. The molecule has 0 spiro atoms. The summed E-state index contributed by atoms with van der Waals surface area (Å²) >= 11 is 12.3. The Kier molecular flexibility index (Phi) is 5.93. The Labute approximate surface area is 198 Å². The maximum Gasteiger partial charge on any atom is 0.300 e. The number of hydrogen-bond donors (Lipinski definition) is 1. The van der Waals surface area contributed by atoms with E-state index < -0.39 is 28.4 Å². The largest absolute Gasteiger partial charge is 0.507 e. The summed E-state index contributed by atoms with van der Waals surface area (Å²) in [5.41, 5.74) is 1.31. The van der Waals surface area contributed by atoms with Crippen molar-refractivity contribution in [2.45, 2.75) is 13.0 Å². The Bertz CT molecular complexity index is 1330. The molecule has 9 heteroatoms. The van der Waals surface area contributed by atoms with E-state index in [9.17, 15) is 24.8 Å². The maximum atomic E-state index is 13.2. The third-order valence-corrected chi connectivity index (χ3v) is 5.69. The van der Waals surface area contributed by atoms with E-state index >= 15 is 0 Å². The van der Waals surface area contributed by atoms with Crippen LogP contribution in [0, 0.1) is 17.0 Å². The van der Waals surface area contributed by atoms with Gasteiger partial charge in [0.1, 0.15) is 5.76 Å². The van der Waals surface area contributed by atoms with Gasteiger partial charge in [-0.1, -0.05) is 65.2 Å². The van der Waals surface area contributed by atoms with Gasteiger partial charge < -0.3 is 5.11 Å². The van der Waals surface area contributed by atoms with Crippen LogP contribution in [-0.4, -0.2) is 21.7 Å². The van der Waals surface area contributed by atoms with Crippen LogP contribution in [-0.2, 0) is 9.59 Å². The monoisotopic (exact) mass is 482 g/mol. The number of hydrogen-bond acceptors (Lipinski definition) is 5. The standard InChI is InChI=1S/C24H16Cl2N2O5/c1-13-4-2-5-14(8-13)21-20(22(29)15-6-3-7-18(9-15)28(32)33)23(30)24(31)27(21)19-11-16(25)10-17(26)12-19/h2-12,21,29H,1H3/b22-20-. The van der Waals surface area contributed by atoms with Crippen molar-refractivity contribution in [3.8, 4) is 0 Å². The zero-order valence-corrected chi connectivity index (χ0v) is 18.7. The van der Waals surface area contributed by atoms with Gasteiger partial charge >= 0.3 is 0 Å². The summed E-state index contributed by atoms with van der Waals surface area (Å²) in [5.74, 6) is -2.33. The van der Waals surface area contributed by atoms with Crippen LogP contribution >= 0.6 is 23.2 Å². The van der Waals surface area contributed by atoms with Crippen molar-refractivity contribution in [2.24, 2.45) is 0 Å². The molecule has 0 aromatic heterocycles. The van der Waals surface area contributed by atoms with Crippen LogP contribution in [0.1, 0.15) is 22.7 Å². The second kappa shape index (κ2) is 8.69. The van der Waals surface area contributed by atoms with E-state index in [0.717, 1.165) is 11.6 Å². The second-order valence-electron chi connectivity index (χ2n) is 7.52. The minimum atomic E-state index is -1.00. The van der Waals surface area contributed by atoms with Crippen molar-refractivity contribution in [1.82, 2.24) is 0 Å². The number of aliphatic hydroxyl groups excluding tert-OH is 1. The highest BCUT2D eigenvalue weighted by Gasteiger charge is 2.47. The molecule has 3 aromatic rings. The van der Waals surface area contributed by atoms with E-state index in [4.69, 9.17) is 23.2 Å². The molecular weight excluding hydrogens is 467 g/mol. The van der Waals surface area contributed by atoms with Gasteiger partial charge in [-0.3, -0.25) is 24.6 Å². The van der Waals surface area contributed by atoms with Crippen molar-refractivity contribution >= 4 is 52.0 Å². The first-order chi connectivity index (χ1) is 15.7. The Morgan fingerprint density at radius 1 is 1.00 bits per heavy atom. The van der Waals surface area contributed by atoms with Gasteiger partial charge in [0.15, 0.2) is 0 Å². The summed E-state index contributed by atoms with van der Waals surface area (Å²) in [6, 6.07) is 15.8. The number of ketones is 1. The highest BCUT2D eigenvalue weighted by atomic mass is 35.5. The third kappa shape index (κ3) is 4.20. The quantitative estimate of drug-likeness (QED) is 0.165. The number of nitro benzene ring substituents is 1. The highest BCUT2D eigenvalue weighted by Crippen LogP contribution is 2.43. The van der Waals surface area contributed by atoms with Crippen molar-refractivity contribution in [3.63, 3.8) is 0 Å². The predicted molar refractivity (Wildman–Crippen MR) is 126 cm³/mol. The number of aryl methyl sites for hydroxylation is 1. The van der Waals surface area contributed by atoms with E-state index in [2.05, 4.69) is 0 Å². The Balaban J connectivity index is 1.98. The van der Waals surface area contributed by atoms with Crippen LogP contribution in [0.2, 0.25) is 10.0 Å². The summed E-state index contributed by atoms with van der Waals surface area (Å²) in [6.07, 6.45) is 0. The van der Waals surface area contributed by atoms with E-state index in [0.29, 0.717) is 5.56 Å². The first kappa shape index (κ1) is 22.5. The molecule has 1 heterocycles. The van der Waals surface area contributed by atoms with Crippen molar-refractivity contribution in [2.75, 3.05) is 4.90 Å². The fraction of sp³-hybridized carbons (Fsp3) is 0.0833. The van der Waals surface area contributed by atoms with Crippen LogP contribution in [0.25, 0.3) is 5.76 Å². The van der Waals surface area contributed by atoms with Crippen LogP contribution in [0.5, 0.6) is 0 Å². The molecule has 166 valence electrons. The first-order valence-corrected chi connectivity index (χ1v) is 10.5. The normalized spacial score (nSPS) is 17.4. The van der Waals surface area contributed by atoms with Gasteiger partial charge in [-0.15, -0.1) is 0 Å². The number of carbonyl (C=O) groups excluding carboxylic acids is 2. The molecule has 0 aliphatic carbocycles. The smallest absolute Gasteiger partial charge is 0.300 e. The SMILES string of the molecule is Cc1cccc(C2/C(=C(/O)c3cccc([N+](=O)[O-])c3)C(=O)C(=O)N2c2cc(Cl)cc(Cl)c2)c1. The summed E-state index contributed by atoms with van der Waals surface area (Å²) in [6.45, 7) is 1.85. The number of non-ortho nitro benzene ring substituents is 1. The van der Waals surface area contributed by atoms with Gasteiger partial charge in [-0.2, -0.15) is 0 Å². The lowest BCUT2D eigenvalue weighted by molar-refractivity contribution is -0.384. The number of benzene rings is 3. The molecule has 7 nitrogen and oxygen atoms in total. The fourth-order valence-electron chi connectivity index (χ4n) is 3.86. The number of Topliss-reactive ketones (excluding diaryl/α,β-unsaturated/α-hetero) is 1. The molecule has 4 rings (SSSR count). The van der Waals surface area contributed by atoms with Gasteiger partial charge in [0.25, 0.3) is 17.4 Å². The molecule has 33 heavy (non-hydrogen) atoms. The summed E-state index contributed by atoms with van der Waals surface area (Å²) in [4.78, 5) is 38.1. The lowest BCUT2D eigenvalue weighted by Crippen LogP contribution is -2.29. The molecule has 1 aliphatic heterocycles. The number of halogens is 2. The summed E-state index contributed by atoms with van der Waals surface area (Å²) < 4.78 is 0. The Morgan fingerprint density at radius 3 is 2.30 bits per heavy atom. The molecule has 1 N–H and O–H groups in total. The van der Waals surface area contributed by atoms with Gasteiger partial charge in [0.2, 0.25) is 0 Å². The number of nitro groups is 1. The lowest BCUT2D eigenvalue weighted by atomic mass is 9.94. The molecule has 3 aromatic carbocycles. The van der Waals surface area contributed by atoms with Gasteiger partial charge in [0, 0.05) is 33.4 Å². The highest BCUT2D eigenvalue weighted by molar-refractivity contribution is 6.52. The molecule has 1 amide bonds. The molecule has 1 fully saturated rings. The molecule has 1 aliphatic rings. The molecule has 0 radical (unpaired) electrons. The van der Waals surface area contributed by atoms with Gasteiger partial charge in [-0.05, 0) is 30.7 Å². The van der Waals surface area contributed by atoms with E-state index in [1.165, 1.54) is 41.3 Å². The lowest BCUT2D eigenvalue weighted by Gasteiger charge is -2.26. The number of aliphatic hydroxyl groups is 1. The van der Waals surface area contributed by atoms with Crippen molar-refractivity contribution in [1.29, 1.82) is 0 Å². The Morgan fingerprint density at radius 2 is 1.67 bits per heavy atom. The van der Waals surface area contributed by atoms with Gasteiger partial charge in [0.05, 0.1) is 16.5 Å². The molecule has 1 atom stereocenters. The first-order valence-electron chi connectivity index (χ1n) is 9.76. The number of nitrogens with zero attached hydrogens (tertiary/aromatic N) is 2. The zero-order valence-electron chi connectivity index (χ0n) is 17.2. The van der Waals surface area contributed by atoms with Crippen LogP contribution in [0.3, 0.4) is 0 Å². The number of rotatable bonds is 4. The number of carbonyl (C=O) groups is 2. The van der Waals surface area contributed by atoms with Crippen LogP contribution < -0.4 is 4.90 Å². The molecule has 0 saturated carbocycles. The third-order valence-electron chi connectivity index (χ3n) is 5.26. The number of anilines is 1. The van der Waals surface area contributed by atoms with E-state index in [-0.39, 0.29) is 32.6 Å². The average molecular weight is 483 g/mol. The van der Waals surface area contributed by atoms with Gasteiger partial charge in [-0.25, -0.2) is 0 Å². The minimum Gasteiger partial charge on any atom is -0.507 e. The Hall–Kier alpha value is -3.68. The predicted octanol–water partition coefficient (Wildman–Crippen LogP) is 5.84. The topological polar surface area (TPSA) is 101 Å². The summed E-state index contributed by atoms with van der Waals surface area (Å²) in [5, 5.41) is 22.8. The van der Waals surface area contributed by atoms with E-state index in [1.54, 1.807) is 18.2 Å². The summed E-state index contributed by atoms with van der Waals surface area (Å²) in [7, 11) is 0. The van der Waals surface area contributed by atoms with Crippen LogP contribution in [0.4, 0.5) is 11.4 Å². The molecule has 1 unspecified atom stereocenters. The van der Waals surface area contributed by atoms with Crippen molar-refractivity contribution in [3.05, 3.63) is 109 Å². The van der Waals surface area contributed by atoms with Crippen LogP contribution in [0.15, 0.2) is 72.3 Å². The number of amides is 1. The van der Waals surface area contributed by atoms with E-state index in [1.807, 2.05) is 13.0 Å². The molecule has 0 bridgehead atoms. The average Bonchev–Trinajstić information content (AvgIpc) is 3.03.